The lowest BCUT2D eigenvalue weighted by atomic mass is 10.0. The normalized spacial score (nSPS) is 10.8. The van der Waals surface area contributed by atoms with Gasteiger partial charge >= 0.3 is 0 Å². The highest BCUT2D eigenvalue weighted by Crippen LogP contribution is 2.28. The van der Waals surface area contributed by atoms with Gasteiger partial charge in [-0.2, -0.15) is 0 Å². The van der Waals surface area contributed by atoms with E-state index in [1.807, 2.05) is 31.2 Å². The second-order valence-corrected chi connectivity index (χ2v) is 4.75. The Morgan fingerprint density at radius 1 is 1.10 bits per heavy atom. The molecule has 5 heteroatoms. The number of aromatic nitrogens is 3. The van der Waals surface area contributed by atoms with Crippen molar-refractivity contribution >= 4 is 0 Å². The molecule has 1 N–H and O–H groups in total. The zero-order valence-corrected chi connectivity index (χ0v) is 11.5. The van der Waals surface area contributed by atoms with Crippen LogP contribution in [0.1, 0.15) is 11.3 Å². The van der Waals surface area contributed by atoms with Crippen molar-refractivity contribution in [3.05, 3.63) is 65.6 Å². The Kier molecular flexibility index (Phi) is 3.50. The molecule has 0 saturated carbocycles. The Morgan fingerprint density at radius 2 is 1.81 bits per heavy atom. The number of aryl methyl sites for hydroxylation is 1. The molecule has 0 aliphatic heterocycles. The SMILES string of the molecule is Cc1ccccc1-c1c(CO)nnn1-c1ccc(F)cc1. The quantitative estimate of drug-likeness (QED) is 0.804. The molecular weight excluding hydrogens is 269 g/mol. The number of nitrogens with zero attached hydrogens (tertiary/aromatic N) is 3. The molecule has 0 unspecified atom stereocenters. The van der Waals surface area contributed by atoms with E-state index >= 15 is 0 Å². The fourth-order valence-electron chi connectivity index (χ4n) is 2.29. The number of benzene rings is 2. The maximum Gasteiger partial charge on any atom is 0.123 e. The van der Waals surface area contributed by atoms with Crippen LogP contribution in [0.15, 0.2) is 48.5 Å². The minimum absolute atomic E-state index is 0.204. The van der Waals surface area contributed by atoms with E-state index in [1.54, 1.807) is 16.8 Å². The van der Waals surface area contributed by atoms with Crippen molar-refractivity contribution in [1.82, 2.24) is 15.0 Å². The summed E-state index contributed by atoms with van der Waals surface area (Å²) >= 11 is 0. The predicted octanol–water partition coefficient (Wildman–Crippen LogP) is 2.87. The summed E-state index contributed by atoms with van der Waals surface area (Å²) in [6.45, 7) is 1.78. The molecule has 0 aliphatic carbocycles. The Hall–Kier alpha value is -2.53. The Bertz CT molecular complexity index is 765. The van der Waals surface area contributed by atoms with Crippen LogP contribution in [-0.4, -0.2) is 20.1 Å². The van der Waals surface area contributed by atoms with Gasteiger partial charge in [0.05, 0.1) is 12.3 Å². The third-order valence-electron chi connectivity index (χ3n) is 3.36. The first-order valence-electron chi connectivity index (χ1n) is 6.58. The molecule has 4 nitrogen and oxygen atoms in total. The number of hydrogen-bond donors (Lipinski definition) is 1. The molecule has 0 fully saturated rings. The van der Waals surface area contributed by atoms with Gasteiger partial charge in [0.1, 0.15) is 17.2 Å². The molecule has 1 heterocycles. The highest BCUT2D eigenvalue weighted by molar-refractivity contribution is 5.67. The van der Waals surface area contributed by atoms with E-state index in [0.29, 0.717) is 11.4 Å². The lowest BCUT2D eigenvalue weighted by Crippen LogP contribution is -2.01. The van der Waals surface area contributed by atoms with Crippen molar-refractivity contribution < 1.29 is 9.50 Å². The first-order valence-corrected chi connectivity index (χ1v) is 6.58. The van der Waals surface area contributed by atoms with E-state index in [2.05, 4.69) is 10.3 Å². The molecule has 0 bridgehead atoms. The molecule has 2 aromatic carbocycles. The van der Waals surface area contributed by atoms with E-state index < -0.39 is 0 Å². The Morgan fingerprint density at radius 3 is 2.48 bits per heavy atom. The molecule has 0 aliphatic rings. The summed E-state index contributed by atoms with van der Waals surface area (Å²) in [5.41, 5.74) is 3.91. The third kappa shape index (κ3) is 2.43. The van der Waals surface area contributed by atoms with Gasteiger partial charge in [-0.1, -0.05) is 29.5 Å². The van der Waals surface area contributed by atoms with Crippen LogP contribution in [0, 0.1) is 12.7 Å². The van der Waals surface area contributed by atoms with E-state index in [4.69, 9.17) is 0 Å². The Labute approximate surface area is 121 Å². The van der Waals surface area contributed by atoms with Crippen molar-refractivity contribution in [3.8, 4) is 16.9 Å². The van der Waals surface area contributed by atoms with Crippen molar-refractivity contribution in [2.45, 2.75) is 13.5 Å². The van der Waals surface area contributed by atoms with Crippen LogP contribution < -0.4 is 0 Å². The van der Waals surface area contributed by atoms with Gasteiger partial charge in [-0.25, -0.2) is 9.07 Å². The summed E-state index contributed by atoms with van der Waals surface area (Å²) in [5, 5.41) is 17.6. The van der Waals surface area contributed by atoms with Gasteiger partial charge in [-0.15, -0.1) is 5.10 Å². The van der Waals surface area contributed by atoms with Crippen molar-refractivity contribution in [2.75, 3.05) is 0 Å². The van der Waals surface area contributed by atoms with E-state index in [-0.39, 0.29) is 12.4 Å². The predicted molar refractivity (Wildman–Crippen MR) is 77.4 cm³/mol. The molecule has 0 radical (unpaired) electrons. The largest absolute Gasteiger partial charge is 0.390 e. The minimum Gasteiger partial charge on any atom is -0.390 e. The van der Waals surface area contributed by atoms with Crippen molar-refractivity contribution in [1.29, 1.82) is 0 Å². The first-order chi connectivity index (χ1) is 10.2. The molecule has 106 valence electrons. The van der Waals surface area contributed by atoms with Crippen molar-refractivity contribution in [2.24, 2.45) is 0 Å². The van der Waals surface area contributed by atoms with Crippen molar-refractivity contribution in [3.63, 3.8) is 0 Å². The fourth-order valence-corrected chi connectivity index (χ4v) is 2.29. The maximum atomic E-state index is 13.1. The van der Waals surface area contributed by atoms with Crippen LogP contribution in [0.5, 0.6) is 0 Å². The summed E-state index contributed by atoms with van der Waals surface area (Å²) in [7, 11) is 0. The van der Waals surface area contributed by atoms with Crippen LogP contribution >= 0.6 is 0 Å². The smallest absolute Gasteiger partial charge is 0.123 e. The zero-order valence-electron chi connectivity index (χ0n) is 11.5. The van der Waals surface area contributed by atoms with Gasteiger partial charge in [0.2, 0.25) is 0 Å². The summed E-state index contributed by atoms with van der Waals surface area (Å²) in [5.74, 6) is -0.307. The topological polar surface area (TPSA) is 50.9 Å². The minimum atomic E-state index is -0.307. The summed E-state index contributed by atoms with van der Waals surface area (Å²) in [6.07, 6.45) is 0. The van der Waals surface area contributed by atoms with E-state index in [0.717, 1.165) is 16.8 Å². The van der Waals surface area contributed by atoms with E-state index in [1.165, 1.54) is 12.1 Å². The van der Waals surface area contributed by atoms with Gasteiger partial charge < -0.3 is 5.11 Å². The van der Waals surface area contributed by atoms with Gasteiger partial charge in [-0.3, -0.25) is 0 Å². The van der Waals surface area contributed by atoms with Crippen LogP contribution in [-0.2, 0) is 6.61 Å². The second kappa shape index (κ2) is 5.46. The number of aliphatic hydroxyl groups is 1. The first kappa shape index (κ1) is 13.5. The Balaban J connectivity index is 2.22. The molecule has 0 saturated heterocycles. The van der Waals surface area contributed by atoms with Gasteiger partial charge in [0, 0.05) is 5.56 Å². The highest BCUT2D eigenvalue weighted by Gasteiger charge is 2.17. The fraction of sp³-hybridized carbons (Fsp3) is 0.125. The van der Waals surface area contributed by atoms with Gasteiger partial charge in [0.25, 0.3) is 0 Å². The van der Waals surface area contributed by atoms with Crippen LogP contribution in [0.25, 0.3) is 16.9 Å². The summed E-state index contributed by atoms with van der Waals surface area (Å²) in [4.78, 5) is 0. The van der Waals surface area contributed by atoms with Gasteiger partial charge in [-0.05, 0) is 36.8 Å². The number of halogens is 1. The van der Waals surface area contributed by atoms with Gasteiger partial charge in [0.15, 0.2) is 0 Å². The second-order valence-electron chi connectivity index (χ2n) is 4.75. The molecule has 1 aromatic heterocycles. The number of aliphatic hydroxyl groups excluding tert-OH is 1. The highest BCUT2D eigenvalue weighted by atomic mass is 19.1. The third-order valence-corrected chi connectivity index (χ3v) is 3.36. The molecule has 0 atom stereocenters. The average molecular weight is 283 g/mol. The van der Waals surface area contributed by atoms with Crippen LogP contribution in [0.2, 0.25) is 0 Å². The molecule has 0 spiro atoms. The van der Waals surface area contributed by atoms with E-state index in [9.17, 15) is 9.50 Å². The summed E-state index contributed by atoms with van der Waals surface area (Å²) in [6, 6.07) is 13.8. The molecule has 21 heavy (non-hydrogen) atoms. The molecule has 3 aromatic rings. The molecule has 0 amide bonds. The summed E-state index contributed by atoms with van der Waals surface area (Å²) < 4.78 is 14.7. The lowest BCUT2D eigenvalue weighted by molar-refractivity contribution is 0.277. The average Bonchev–Trinajstić information content (AvgIpc) is 2.92. The lowest BCUT2D eigenvalue weighted by Gasteiger charge is -2.10. The zero-order chi connectivity index (χ0) is 14.8. The van der Waals surface area contributed by atoms with Crippen LogP contribution in [0.4, 0.5) is 4.39 Å². The monoisotopic (exact) mass is 283 g/mol. The molecular formula is C16H14FN3O. The number of rotatable bonds is 3. The maximum absolute atomic E-state index is 13.1. The standard InChI is InChI=1S/C16H14FN3O/c1-11-4-2-3-5-14(11)16-15(10-21)18-19-20(16)13-8-6-12(17)7-9-13/h2-9,21H,10H2,1H3. The van der Waals surface area contributed by atoms with Crippen LogP contribution in [0.3, 0.4) is 0 Å². The number of hydrogen-bond acceptors (Lipinski definition) is 3. The molecule has 3 rings (SSSR count).